The largest absolute Gasteiger partial charge is 0.462 e. The van der Waals surface area contributed by atoms with Gasteiger partial charge in [0.15, 0.2) is 0 Å². The minimum Gasteiger partial charge on any atom is -0.462 e. The van der Waals surface area contributed by atoms with E-state index in [-0.39, 0.29) is 12.0 Å². The molecule has 7 heteroatoms. The minimum absolute atomic E-state index is 0.180. The highest BCUT2D eigenvalue weighted by Crippen LogP contribution is 2.24. The molecule has 100 valence electrons. The van der Waals surface area contributed by atoms with Crippen molar-refractivity contribution in [1.29, 1.82) is 0 Å². The quantitative estimate of drug-likeness (QED) is 0.762. The van der Waals surface area contributed by atoms with Gasteiger partial charge < -0.3 is 20.3 Å². The van der Waals surface area contributed by atoms with Gasteiger partial charge in [-0.3, -0.25) is 0 Å². The highest BCUT2D eigenvalue weighted by molar-refractivity contribution is 5.33. The topological polar surface area (TPSA) is 80.4 Å². The van der Waals surface area contributed by atoms with E-state index in [0.29, 0.717) is 12.6 Å². The van der Waals surface area contributed by atoms with Crippen molar-refractivity contribution in [3.05, 3.63) is 0 Å². The summed E-state index contributed by atoms with van der Waals surface area (Å²) in [4.78, 5) is 16.2. The number of anilines is 2. The molecule has 0 aliphatic heterocycles. The summed E-state index contributed by atoms with van der Waals surface area (Å²) < 4.78 is 5.52. The Morgan fingerprint density at radius 1 is 1.22 bits per heavy atom. The van der Waals surface area contributed by atoms with Crippen LogP contribution in [0.15, 0.2) is 0 Å². The molecule has 7 nitrogen and oxygen atoms in total. The summed E-state index contributed by atoms with van der Waals surface area (Å²) in [6.45, 7) is 1.43. The van der Waals surface area contributed by atoms with Crippen molar-refractivity contribution in [1.82, 2.24) is 19.9 Å². The third-order valence-electron chi connectivity index (χ3n) is 2.87. The van der Waals surface area contributed by atoms with Gasteiger partial charge in [-0.2, -0.15) is 15.0 Å². The number of rotatable bonds is 6. The molecule has 1 aromatic rings. The lowest BCUT2D eigenvalue weighted by Crippen LogP contribution is -2.26. The predicted molar refractivity (Wildman–Crippen MR) is 69.7 cm³/mol. The summed E-state index contributed by atoms with van der Waals surface area (Å²) in [5.41, 5.74) is 5.61. The fraction of sp³-hybridized carbons (Fsp3) is 0.727. The highest BCUT2D eigenvalue weighted by atomic mass is 16.5. The number of ether oxygens (including phenoxy) is 1. The SMILES string of the molecule is CN(C)c1nc(N)nc(OCCN(C)C2CC2)n1. The van der Waals surface area contributed by atoms with E-state index in [1.165, 1.54) is 12.8 Å². The number of nitrogens with two attached hydrogens (primary N) is 1. The molecule has 1 saturated carbocycles. The van der Waals surface area contributed by atoms with Crippen LogP contribution < -0.4 is 15.4 Å². The molecule has 18 heavy (non-hydrogen) atoms. The first-order valence-corrected chi connectivity index (χ1v) is 6.08. The maximum absolute atomic E-state index is 5.61. The smallest absolute Gasteiger partial charge is 0.323 e. The standard InChI is InChI=1S/C11H20N6O/c1-16(2)10-13-9(12)14-11(15-10)18-7-6-17(3)8-4-5-8/h8H,4-7H2,1-3H3,(H2,12,13,14,15). The van der Waals surface area contributed by atoms with Crippen LogP contribution >= 0.6 is 0 Å². The van der Waals surface area contributed by atoms with Crippen molar-refractivity contribution in [3.8, 4) is 6.01 Å². The van der Waals surface area contributed by atoms with Gasteiger partial charge in [0, 0.05) is 26.7 Å². The molecule has 0 amide bonds. The van der Waals surface area contributed by atoms with Crippen LogP contribution in [-0.2, 0) is 0 Å². The first-order valence-electron chi connectivity index (χ1n) is 6.08. The van der Waals surface area contributed by atoms with Crippen LogP contribution in [0.4, 0.5) is 11.9 Å². The first kappa shape index (κ1) is 12.8. The monoisotopic (exact) mass is 252 g/mol. The lowest BCUT2D eigenvalue weighted by atomic mass is 10.5. The van der Waals surface area contributed by atoms with E-state index >= 15 is 0 Å². The Morgan fingerprint density at radius 3 is 2.56 bits per heavy atom. The van der Waals surface area contributed by atoms with E-state index in [0.717, 1.165) is 12.6 Å². The molecule has 1 heterocycles. The number of aromatic nitrogens is 3. The van der Waals surface area contributed by atoms with E-state index < -0.39 is 0 Å². The first-order chi connectivity index (χ1) is 8.56. The number of nitrogens with zero attached hydrogens (tertiary/aromatic N) is 5. The fourth-order valence-corrected chi connectivity index (χ4v) is 1.60. The van der Waals surface area contributed by atoms with Crippen molar-refractivity contribution in [2.45, 2.75) is 18.9 Å². The van der Waals surface area contributed by atoms with Crippen molar-refractivity contribution < 1.29 is 4.74 Å². The van der Waals surface area contributed by atoms with Gasteiger partial charge in [0.2, 0.25) is 11.9 Å². The second-order valence-electron chi connectivity index (χ2n) is 4.73. The van der Waals surface area contributed by atoms with Gasteiger partial charge in [-0.1, -0.05) is 0 Å². The summed E-state index contributed by atoms with van der Waals surface area (Å²) in [6.07, 6.45) is 2.58. The average molecular weight is 252 g/mol. The summed E-state index contributed by atoms with van der Waals surface area (Å²) in [7, 11) is 5.80. The van der Waals surface area contributed by atoms with E-state index in [9.17, 15) is 0 Å². The molecule has 0 atom stereocenters. The van der Waals surface area contributed by atoms with E-state index in [2.05, 4.69) is 26.9 Å². The van der Waals surface area contributed by atoms with E-state index in [1.807, 2.05) is 14.1 Å². The zero-order valence-electron chi connectivity index (χ0n) is 11.1. The van der Waals surface area contributed by atoms with Crippen molar-refractivity contribution in [2.75, 3.05) is 44.9 Å². The van der Waals surface area contributed by atoms with Gasteiger partial charge >= 0.3 is 6.01 Å². The summed E-state index contributed by atoms with van der Waals surface area (Å²) >= 11 is 0. The van der Waals surface area contributed by atoms with Crippen LogP contribution in [0, 0.1) is 0 Å². The Balaban J connectivity index is 1.87. The molecule has 1 aliphatic carbocycles. The Bertz CT molecular complexity index is 407. The lowest BCUT2D eigenvalue weighted by molar-refractivity contribution is 0.220. The van der Waals surface area contributed by atoms with Crippen molar-refractivity contribution in [3.63, 3.8) is 0 Å². The molecule has 2 rings (SSSR count). The molecule has 2 N–H and O–H groups in total. The number of nitrogen functional groups attached to an aromatic ring is 1. The number of hydrogen-bond acceptors (Lipinski definition) is 7. The third-order valence-corrected chi connectivity index (χ3v) is 2.87. The molecular formula is C11H20N6O. The molecule has 0 radical (unpaired) electrons. The Labute approximate surface area is 107 Å². The minimum atomic E-state index is 0.180. The Kier molecular flexibility index (Phi) is 3.81. The fourth-order valence-electron chi connectivity index (χ4n) is 1.60. The van der Waals surface area contributed by atoms with Crippen LogP contribution in [-0.4, -0.2) is 60.2 Å². The Hall–Kier alpha value is -1.63. The predicted octanol–water partition coefficient (Wildman–Crippen LogP) is -0.00720. The normalized spacial score (nSPS) is 14.9. The number of likely N-dealkylation sites (N-methyl/N-ethyl adjacent to an activating group) is 1. The van der Waals surface area contributed by atoms with Crippen LogP contribution in [0.25, 0.3) is 0 Å². The second kappa shape index (κ2) is 5.34. The van der Waals surface area contributed by atoms with Crippen molar-refractivity contribution in [2.24, 2.45) is 0 Å². The van der Waals surface area contributed by atoms with Gasteiger partial charge in [0.25, 0.3) is 0 Å². The van der Waals surface area contributed by atoms with Gasteiger partial charge in [0.1, 0.15) is 6.61 Å². The summed E-state index contributed by atoms with van der Waals surface area (Å²) in [5, 5.41) is 0. The maximum atomic E-state index is 5.61. The van der Waals surface area contributed by atoms with Gasteiger partial charge in [-0.15, -0.1) is 0 Å². The molecular weight excluding hydrogens is 232 g/mol. The van der Waals surface area contributed by atoms with Crippen LogP contribution in [0.5, 0.6) is 6.01 Å². The van der Waals surface area contributed by atoms with Gasteiger partial charge in [-0.05, 0) is 19.9 Å². The number of hydrogen-bond donors (Lipinski definition) is 1. The van der Waals surface area contributed by atoms with Crippen LogP contribution in [0.1, 0.15) is 12.8 Å². The molecule has 1 aliphatic rings. The molecule has 0 spiro atoms. The second-order valence-corrected chi connectivity index (χ2v) is 4.73. The van der Waals surface area contributed by atoms with Gasteiger partial charge in [-0.25, -0.2) is 0 Å². The summed E-state index contributed by atoms with van der Waals surface area (Å²) in [6, 6.07) is 1.02. The Morgan fingerprint density at radius 2 is 1.94 bits per heavy atom. The third kappa shape index (κ3) is 3.43. The summed E-state index contributed by atoms with van der Waals surface area (Å²) in [5.74, 6) is 0.687. The zero-order valence-corrected chi connectivity index (χ0v) is 11.1. The lowest BCUT2D eigenvalue weighted by Gasteiger charge is -2.16. The van der Waals surface area contributed by atoms with Crippen LogP contribution in [0.2, 0.25) is 0 Å². The van der Waals surface area contributed by atoms with E-state index in [4.69, 9.17) is 10.5 Å². The molecule has 0 aromatic carbocycles. The van der Waals surface area contributed by atoms with Crippen molar-refractivity contribution >= 4 is 11.9 Å². The molecule has 0 bridgehead atoms. The molecule has 1 aromatic heterocycles. The highest BCUT2D eigenvalue weighted by Gasteiger charge is 2.25. The molecule has 0 saturated heterocycles. The van der Waals surface area contributed by atoms with E-state index in [1.54, 1.807) is 4.90 Å². The molecule has 1 fully saturated rings. The maximum Gasteiger partial charge on any atom is 0.323 e. The molecule has 0 unspecified atom stereocenters. The average Bonchev–Trinajstić information content (AvgIpc) is 3.11. The van der Waals surface area contributed by atoms with Gasteiger partial charge in [0.05, 0.1) is 0 Å². The zero-order chi connectivity index (χ0) is 13.1. The van der Waals surface area contributed by atoms with Crippen LogP contribution in [0.3, 0.4) is 0 Å².